The van der Waals surface area contributed by atoms with Gasteiger partial charge >= 0.3 is 0 Å². The molecule has 138 valence electrons. The average Bonchev–Trinajstić information content (AvgIpc) is 2.99. The molecule has 2 aromatic rings. The van der Waals surface area contributed by atoms with Crippen molar-refractivity contribution in [2.24, 2.45) is 17.3 Å². The number of carbonyl (C=O) groups excluding carboxylic acids is 1. The van der Waals surface area contributed by atoms with E-state index in [1.54, 1.807) is 24.0 Å². The fraction of sp³-hybridized carbons (Fsp3) is 0.588. The predicted molar refractivity (Wildman–Crippen MR) is 89.1 cm³/mol. The molecule has 0 bridgehead atoms. The molecule has 0 radical (unpaired) electrons. The van der Waals surface area contributed by atoms with Crippen molar-refractivity contribution in [1.29, 1.82) is 0 Å². The van der Waals surface area contributed by atoms with Gasteiger partial charge in [0.05, 0.1) is 11.9 Å². The van der Waals surface area contributed by atoms with Gasteiger partial charge in [0.2, 0.25) is 0 Å². The van der Waals surface area contributed by atoms with E-state index in [1.165, 1.54) is 0 Å². The number of rotatable bonds is 4. The summed E-state index contributed by atoms with van der Waals surface area (Å²) in [5.74, 6) is -3.20. The van der Waals surface area contributed by atoms with Gasteiger partial charge < -0.3 is 10.6 Å². The Morgan fingerprint density at radius 3 is 3.00 bits per heavy atom. The lowest BCUT2D eigenvalue weighted by Crippen LogP contribution is -2.44. The molecule has 3 N–H and O–H groups in total. The number of nitrogens with one attached hydrogen (secondary N) is 3. The molecule has 3 aliphatic rings. The summed E-state index contributed by atoms with van der Waals surface area (Å²) in [6.45, 7) is 4.36. The number of hydrogen-bond donors (Lipinski definition) is 3. The zero-order valence-corrected chi connectivity index (χ0v) is 14.4. The molecule has 1 saturated carbocycles. The van der Waals surface area contributed by atoms with Gasteiger partial charge in [-0.3, -0.25) is 14.6 Å². The Morgan fingerprint density at radius 1 is 1.46 bits per heavy atom. The quantitative estimate of drug-likeness (QED) is 0.768. The van der Waals surface area contributed by atoms with Gasteiger partial charge in [-0.2, -0.15) is 10.2 Å². The van der Waals surface area contributed by atoms with Crippen LogP contribution >= 0.6 is 0 Å². The van der Waals surface area contributed by atoms with Crippen molar-refractivity contribution in [3.63, 3.8) is 0 Å². The van der Waals surface area contributed by atoms with Crippen molar-refractivity contribution >= 4 is 11.6 Å². The van der Waals surface area contributed by atoms with Crippen molar-refractivity contribution in [1.82, 2.24) is 25.3 Å². The van der Waals surface area contributed by atoms with Crippen molar-refractivity contribution in [2.75, 3.05) is 18.4 Å². The molecule has 7 nitrogen and oxygen atoms in total. The summed E-state index contributed by atoms with van der Waals surface area (Å²) in [6.07, 6.45) is 3.79. The zero-order valence-electron chi connectivity index (χ0n) is 14.4. The van der Waals surface area contributed by atoms with E-state index in [2.05, 4.69) is 25.9 Å². The standard InChI is InChI=1S/C17H20F2N6O/c1-16-3-12-11(2-13(16)17(16,18)19)14(24-23-12)15(26)22-10-6-21-25(8-10)7-9-4-20-5-9/h6,8-9,13,20H,2-5,7H2,1H3,(H,22,26)(H,23,24). The van der Waals surface area contributed by atoms with Gasteiger partial charge in [0, 0.05) is 60.8 Å². The van der Waals surface area contributed by atoms with Gasteiger partial charge in [-0.05, 0) is 6.42 Å². The predicted octanol–water partition coefficient (Wildman–Crippen LogP) is 1.45. The summed E-state index contributed by atoms with van der Waals surface area (Å²) in [4.78, 5) is 12.6. The summed E-state index contributed by atoms with van der Waals surface area (Å²) >= 11 is 0. The summed E-state index contributed by atoms with van der Waals surface area (Å²) < 4.78 is 29.8. The van der Waals surface area contributed by atoms with E-state index in [4.69, 9.17) is 0 Å². The highest BCUT2D eigenvalue weighted by molar-refractivity contribution is 6.04. The lowest BCUT2D eigenvalue weighted by atomic mass is 9.87. The number of anilines is 1. The largest absolute Gasteiger partial charge is 0.318 e. The van der Waals surface area contributed by atoms with Crippen LogP contribution in [0.1, 0.15) is 28.7 Å². The number of nitrogens with zero attached hydrogens (tertiary/aromatic N) is 3. The average molecular weight is 362 g/mol. The molecular formula is C17H20F2N6O. The lowest BCUT2D eigenvalue weighted by molar-refractivity contribution is 0.0631. The Hall–Kier alpha value is -2.29. The highest BCUT2D eigenvalue weighted by atomic mass is 19.3. The Bertz CT molecular complexity index is 886. The molecule has 2 aliphatic carbocycles. The SMILES string of the molecule is CC12Cc3[nH]nc(C(=O)Nc4cnn(CC5CNC5)c4)c3CC1C2(F)F. The first-order chi connectivity index (χ1) is 12.4. The third kappa shape index (κ3) is 2.16. The lowest BCUT2D eigenvalue weighted by Gasteiger charge is -2.26. The van der Waals surface area contributed by atoms with E-state index in [1.807, 2.05) is 0 Å². The second-order valence-electron chi connectivity index (χ2n) is 7.93. The summed E-state index contributed by atoms with van der Waals surface area (Å²) in [5.41, 5.74) is 1.06. The fourth-order valence-electron chi connectivity index (χ4n) is 4.26. The molecule has 1 amide bonds. The summed E-state index contributed by atoms with van der Waals surface area (Å²) in [5, 5.41) is 17.1. The Morgan fingerprint density at radius 2 is 2.27 bits per heavy atom. The minimum absolute atomic E-state index is 0.187. The third-order valence-electron chi connectivity index (χ3n) is 6.21. The van der Waals surface area contributed by atoms with E-state index in [9.17, 15) is 13.6 Å². The van der Waals surface area contributed by atoms with Crippen molar-refractivity contribution in [3.8, 4) is 0 Å². The van der Waals surface area contributed by atoms with E-state index >= 15 is 0 Å². The van der Waals surface area contributed by atoms with E-state index in [-0.39, 0.29) is 24.4 Å². The normalized spacial score (nSPS) is 28.8. The number of H-pyrrole nitrogens is 1. The van der Waals surface area contributed by atoms with Crippen LogP contribution in [0.15, 0.2) is 12.4 Å². The fourth-order valence-corrected chi connectivity index (χ4v) is 4.26. The summed E-state index contributed by atoms with van der Waals surface area (Å²) in [6, 6.07) is 0. The molecule has 5 rings (SSSR count). The maximum atomic E-state index is 14.0. The minimum Gasteiger partial charge on any atom is -0.318 e. The Balaban J connectivity index is 1.30. The number of aromatic amines is 1. The molecular weight excluding hydrogens is 342 g/mol. The third-order valence-corrected chi connectivity index (χ3v) is 6.21. The molecule has 0 aromatic carbocycles. The van der Waals surface area contributed by atoms with Gasteiger partial charge in [-0.1, -0.05) is 6.92 Å². The topological polar surface area (TPSA) is 87.6 Å². The maximum absolute atomic E-state index is 14.0. The first kappa shape index (κ1) is 15.9. The van der Waals surface area contributed by atoms with E-state index < -0.39 is 17.3 Å². The van der Waals surface area contributed by atoms with E-state index in [0.29, 0.717) is 22.9 Å². The maximum Gasteiger partial charge on any atom is 0.276 e. The molecule has 2 fully saturated rings. The van der Waals surface area contributed by atoms with Gasteiger partial charge in [0.25, 0.3) is 11.8 Å². The number of halogens is 2. The van der Waals surface area contributed by atoms with Crippen LogP contribution in [0, 0.1) is 17.3 Å². The van der Waals surface area contributed by atoms with Crippen LogP contribution in [0.3, 0.4) is 0 Å². The number of aromatic nitrogens is 4. The smallest absolute Gasteiger partial charge is 0.276 e. The number of alkyl halides is 2. The molecule has 2 unspecified atom stereocenters. The van der Waals surface area contributed by atoms with Crippen LogP contribution in [0.2, 0.25) is 0 Å². The zero-order chi connectivity index (χ0) is 18.1. The van der Waals surface area contributed by atoms with E-state index in [0.717, 1.165) is 19.6 Å². The van der Waals surface area contributed by atoms with Gasteiger partial charge in [-0.25, -0.2) is 8.78 Å². The first-order valence-corrected chi connectivity index (χ1v) is 8.87. The molecule has 1 saturated heterocycles. The van der Waals surface area contributed by atoms with Crippen LogP contribution in [0.4, 0.5) is 14.5 Å². The number of hydrogen-bond acceptors (Lipinski definition) is 4. The Labute approximate surface area is 148 Å². The van der Waals surface area contributed by atoms with Crippen LogP contribution < -0.4 is 10.6 Å². The molecule has 9 heteroatoms. The van der Waals surface area contributed by atoms with Crippen LogP contribution in [-0.2, 0) is 19.4 Å². The van der Waals surface area contributed by atoms with Gasteiger partial charge in [0.1, 0.15) is 0 Å². The molecule has 3 heterocycles. The monoisotopic (exact) mass is 362 g/mol. The van der Waals surface area contributed by atoms with Crippen molar-refractivity contribution in [2.45, 2.75) is 32.2 Å². The molecule has 2 atom stereocenters. The van der Waals surface area contributed by atoms with Crippen molar-refractivity contribution < 1.29 is 13.6 Å². The number of carbonyl (C=O) groups is 1. The first-order valence-electron chi connectivity index (χ1n) is 8.87. The Kier molecular flexibility index (Phi) is 3.14. The van der Waals surface area contributed by atoms with Crippen LogP contribution in [0.5, 0.6) is 0 Å². The second kappa shape index (κ2) is 5.12. The van der Waals surface area contributed by atoms with Crippen molar-refractivity contribution in [3.05, 3.63) is 29.3 Å². The van der Waals surface area contributed by atoms with Gasteiger partial charge in [0.15, 0.2) is 5.69 Å². The minimum atomic E-state index is -2.67. The molecule has 0 spiro atoms. The highest BCUT2D eigenvalue weighted by Gasteiger charge is 2.78. The molecule has 1 aliphatic heterocycles. The second-order valence-corrected chi connectivity index (χ2v) is 7.93. The summed E-state index contributed by atoms with van der Waals surface area (Å²) in [7, 11) is 0. The van der Waals surface area contributed by atoms with Gasteiger partial charge in [-0.15, -0.1) is 0 Å². The number of fused-ring (bicyclic) bond motifs is 2. The highest BCUT2D eigenvalue weighted by Crippen LogP contribution is 2.70. The number of amides is 1. The van der Waals surface area contributed by atoms with Crippen LogP contribution in [0.25, 0.3) is 0 Å². The van der Waals surface area contributed by atoms with Crippen LogP contribution in [-0.4, -0.2) is 44.9 Å². The molecule has 2 aromatic heterocycles. The molecule has 26 heavy (non-hydrogen) atoms.